The number of aryl methyl sites for hydroxylation is 1. The highest BCUT2D eigenvalue weighted by Gasteiger charge is 2.31. The van der Waals surface area contributed by atoms with Crippen LogP contribution in [0, 0.1) is 0 Å². The number of hydrogen-bond acceptors (Lipinski definition) is 0. The van der Waals surface area contributed by atoms with Crippen LogP contribution in [0.5, 0.6) is 0 Å². The van der Waals surface area contributed by atoms with Gasteiger partial charge in [-0.2, -0.15) is 13.2 Å². The van der Waals surface area contributed by atoms with Gasteiger partial charge in [-0.3, -0.25) is 0 Å². The van der Waals surface area contributed by atoms with E-state index < -0.39 is 11.7 Å². The highest BCUT2D eigenvalue weighted by Crippen LogP contribution is 2.29. The van der Waals surface area contributed by atoms with Crippen molar-refractivity contribution in [2.75, 3.05) is 0 Å². The van der Waals surface area contributed by atoms with Crippen molar-refractivity contribution in [3.63, 3.8) is 0 Å². The molecular formula is C7H8F3N. The predicted molar refractivity (Wildman–Crippen MR) is 35.2 cm³/mol. The second kappa shape index (κ2) is 2.60. The number of hydrogen-bond donors (Lipinski definition) is 1. The zero-order valence-corrected chi connectivity index (χ0v) is 6.00. The van der Waals surface area contributed by atoms with Gasteiger partial charge < -0.3 is 4.98 Å². The van der Waals surface area contributed by atoms with E-state index in [1.807, 2.05) is 0 Å². The summed E-state index contributed by atoms with van der Waals surface area (Å²) >= 11 is 0. The first-order valence-corrected chi connectivity index (χ1v) is 3.28. The standard InChI is InChI=1S/C7H8F3N/c1-2-6-3-5(4-11-6)7(8,9)10/h3-4,11H,2H2,1H3. The van der Waals surface area contributed by atoms with E-state index in [0.29, 0.717) is 12.1 Å². The van der Waals surface area contributed by atoms with Crippen LogP contribution in [-0.4, -0.2) is 4.98 Å². The van der Waals surface area contributed by atoms with Crippen molar-refractivity contribution >= 4 is 0 Å². The minimum Gasteiger partial charge on any atom is -0.364 e. The van der Waals surface area contributed by atoms with E-state index in [1.54, 1.807) is 6.92 Å². The van der Waals surface area contributed by atoms with Crippen LogP contribution < -0.4 is 0 Å². The normalized spacial score (nSPS) is 12.0. The van der Waals surface area contributed by atoms with Gasteiger partial charge in [-0.1, -0.05) is 6.92 Å². The third-order valence-electron chi connectivity index (χ3n) is 1.45. The molecular weight excluding hydrogens is 155 g/mol. The molecule has 1 N–H and O–H groups in total. The van der Waals surface area contributed by atoms with E-state index in [4.69, 9.17) is 0 Å². The number of aromatic nitrogens is 1. The minimum absolute atomic E-state index is 0.593. The van der Waals surface area contributed by atoms with Crippen LogP contribution >= 0.6 is 0 Å². The van der Waals surface area contributed by atoms with Gasteiger partial charge in [-0.05, 0) is 12.5 Å². The molecule has 0 atom stereocenters. The molecule has 1 rings (SSSR count). The molecule has 1 heterocycles. The topological polar surface area (TPSA) is 15.8 Å². The third kappa shape index (κ3) is 1.76. The van der Waals surface area contributed by atoms with Gasteiger partial charge in [-0.15, -0.1) is 0 Å². The quantitative estimate of drug-likeness (QED) is 0.654. The summed E-state index contributed by atoms with van der Waals surface area (Å²) in [6, 6.07) is 1.12. The van der Waals surface area contributed by atoms with Crippen LogP contribution in [0.1, 0.15) is 18.2 Å². The van der Waals surface area contributed by atoms with Crippen molar-refractivity contribution < 1.29 is 13.2 Å². The Morgan fingerprint density at radius 3 is 2.36 bits per heavy atom. The molecule has 1 aromatic rings. The predicted octanol–water partition coefficient (Wildman–Crippen LogP) is 2.60. The Hall–Kier alpha value is -0.930. The van der Waals surface area contributed by atoms with Gasteiger partial charge >= 0.3 is 6.18 Å². The average molecular weight is 163 g/mol. The maximum absolute atomic E-state index is 11.9. The van der Waals surface area contributed by atoms with Crippen molar-refractivity contribution in [3.8, 4) is 0 Å². The summed E-state index contributed by atoms with van der Waals surface area (Å²) in [6.45, 7) is 1.80. The highest BCUT2D eigenvalue weighted by atomic mass is 19.4. The first kappa shape index (κ1) is 8.17. The van der Waals surface area contributed by atoms with Gasteiger partial charge in [0.2, 0.25) is 0 Å². The number of nitrogens with one attached hydrogen (secondary N) is 1. The fourth-order valence-corrected chi connectivity index (χ4v) is 0.809. The lowest BCUT2D eigenvalue weighted by Gasteiger charge is -2.00. The number of H-pyrrole nitrogens is 1. The maximum atomic E-state index is 11.9. The molecule has 0 fully saturated rings. The number of halogens is 3. The fourth-order valence-electron chi connectivity index (χ4n) is 0.809. The molecule has 1 aromatic heterocycles. The average Bonchev–Trinajstić information content (AvgIpc) is 2.32. The van der Waals surface area contributed by atoms with E-state index in [-0.39, 0.29) is 0 Å². The Balaban J connectivity index is 2.89. The fraction of sp³-hybridized carbons (Fsp3) is 0.429. The largest absolute Gasteiger partial charge is 0.417 e. The van der Waals surface area contributed by atoms with Gasteiger partial charge in [0.05, 0.1) is 5.56 Å². The Morgan fingerprint density at radius 1 is 1.45 bits per heavy atom. The van der Waals surface area contributed by atoms with Crippen LogP contribution in [0.3, 0.4) is 0 Å². The maximum Gasteiger partial charge on any atom is 0.417 e. The zero-order chi connectivity index (χ0) is 8.48. The second-order valence-electron chi connectivity index (χ2n) is 2.26. The van der Waals surface area contributed by atoms with E-state index in [2.05, 4.69) is 4.98 Å². The number of aromatic amines is 1. The van der Waals surface area contributed by atoms with E-state index in [1.165, 1.54) is 0 Å². The Kier molecular flexibility index (Phi) is 1.93. The zero-order valence-electron chi connectivity index (χ0n) is 6.00. The van der Waals surface area contributed by atoms with Gasteiger partial charge in [0.25, 0.3) is 0 Å². The molecule has 0 aliphatic heterocycles. The molecule has 1 nitrogen and oxygen atoms in total. The molecule has 0 unspecified atom stereocenters. The molecule has 0 saturated carbocycles. The van der Waals surface area contributed by atoms with Crippen molar-refractivity contribution in [3.05, 3.63) is 23.5 Å². The third-order valence-corrected chi connectivity index (χ3v) is 1.45. The lowest BCUT2D eigenvalue weighted by molar-refractivity contribution is -0.137. The molecule has 0 aromatic carbocycles. The second-order valence-corrected chi connectivity index (χ2v) is 2.26. The van der Waals surface area contributed by atoms with Crippen LogP contribution in [0.25, 0.3) is 0 Å². The summed E-state index contributed by atoms with van der Waals surface area (Å²) in [5.74, 6) is 0. The van der Waals surface area contributed by atoms with Crippen LogP contribution in [-0.2, 0) is 12.6 Å². The lowest BCUT2D eigenvalue weighted by Crippen LogP contribution is -2.02. The lowest BCUT2D eigenvalue weighted by atomic mass is 10.3. The van der Waals surface area contributed by atoms with E-state index >= 15 is 0 Å². The minimum atomic E-state index is -4.22. The van der Waals surface area contributed by atoms with Crippen molar-refractivity contribution in [2.24, 2.45) is 0 Å². The van der Waals surface area contributed by atoms with Gasteiger partial charge in [0.1, 0.15) is 0 Å². The van der Waals surface area contributed by atoms with Gasteiger partial charge in [0, 0.05) is 11.9 Å². The number of rotatable bonds is 1. The summed E-state index contributed by atoms with van der Waals surface area (Å²) in [6.07, 6.45) is -2.64. The molecule has 0 radical (unpaired) electrons. The monoisotopic (exact) mass is 163 g/mol. The molecule has 0 aliphatic rings. The van der Waals surface area contributed by atoms with Crippen LogP contribution in [0.4, 0.5) is 13.2 Å². The molecule has 0 bridgehead atoms. The summed E-state index contributed by atoms with van der Waals surface area (Å²) in [7, 11) is 0. The van der Waals surface area contributed by atoms with Crippen molar-refractivity contribution in [1.29, 1.82) is 0 Å². The molecule has 62 valence electrons. The van der Waals surface area contributed by atoms with E-state index in [0.717, 1.165) is 12.3 Å². The summed E-state index contributed by atoms with van der Waals surface area (Å²) < 4.78 is 35.8. The molecule has 11 heavy (non-hydrogen) atoms. The molecule has 4 heteroatoms. The van der Waals surface area contributed by atoms with Gasteiger partial charge in [-0.25, -0.2) is 0 Å². The first-order valence-electron chi connectivity index (χ1n) is 3.28. The highest BCUT2D eigenvalue weighted by molar-refractivity contribution is 5.19. The van der Waals surface area contributed by atoms with E-state index in [9.17, 15) is 13.2 Å². The Bertz CT molecular complexity index is 236. The number of alkyl halides is 3. The summed E-state index contributed by atoms with van der Waals surface area (Å²) in [5.41, 5.74) is 0.00618. The Morgan fingerprint density at radius 2 is 2.09 bits per heavy atom. The van der Waals surface area contributed by atoms with Crippen LogP contribution in [0.15, 0.2) is 12.3 Å². The first-order chi connectivity index (χ1) is 5.04. The Labute approximate surface area is 62.2 Å². The van der Waals surface area contributed by atoms with Crippen LogP contribution in [0.2, 0.25) is 0 Å². The molecule has 0 amide bonds. The van der Waals surface area contributed by atoms with Gasteiger partial charge in [0.15, 0.2) is 0 Å². The van der Waals surface area contributed by atoms with Crippen molar-refractivity contribution in [2.45, 2.75) is 19.5 Å². The summed E-state index contributed by atoms with van der Waals surface area (Å²) in [4.78, 5) is 2.54. The summed E-state index contributed by atoms with van der Waals surface area (Å²) in [5, 5.41) is 0. The molecule has 0 aliphatic carbocycles. The van der Waals surface area contributed by atoms with Crippen molar-refractivity contribution in [1.82, 2.24) is 4.98 Å². The molecule has 0 saturated heterocycles. The smallest absolute Gasteiger partial charge is 0.364 e. The SMILES string of the molecule is CCc1cc(C(F)(F)F)c[nH]1. The molecule has 0 spiro atoms.